The summed E-state index contributed by atoms with van der Waals surface area (Å²) in [5, 5.41) is 5.34. The van der Waals surface area contributed by atoms with E-state index in [1.54, 1.807) is 19.1 Å². The number of nitrogens with one attached hydrogen (secondary N) is 2. The summed E-state index contributed by atoms with van der Waals surface area (Å²) in [5.74, 6) is -1.60. The van der Waals surface area contributed by atoms with E-state index in [1.807, 2.05) is 0 Å². The summed E-state index contributed by atoms with van der Waals surface area (Å²) in [5.41, 5.74) is 1.40. The number of carbonyl (C=O) groups is 1. The quantitative estimate of drug-likeness (QED) is 0.604. The number of methoxy groups -OCH3 is 1. The van der Waals surface area contributed by atoms with Gasteiger partial charge in [-0.05, 0) is 48.9 Å². The van der Waals surface area contributed by atoms with Crippen LogP contribution >= 0.6 is 11.6 Å². The molecule has 1 heterocycles. The Morgan fingerprint density at radius 1 is 1.11 bits per heavy atom. The molecule has 144 valence electrons. The third kappa shape index (κ3) is 4.20. The molecule has 0 aliphatic rings. The molecule has 0 fully saturated rings. The fourth-order valence-corrected chi connectivity index (χ4v) is 2.72. The van der Waals surface area contributed by atoms with Crippen molar-refractivity contribution in [2.24, 2.45) is 0 Å². The molecule has 2 N–H and O–H groups in total. The number of aryl methyl sites for hydroxylation is 1. The minimum Gasteiger partial charge on any atom is -0.481 e. The molecule has 0 unspecified atom stereocenters. The zero-order valence-corrected chi connectivity index (χ0v) is 15.8. The first-order chi connectivity index (χ1) is 13.4. The van der Waals surface area contributed by atoms with Crippen molar-refractivity contribution >= 4 is 34.6 Å². The second-order valence-corrected chi connectivity index (χ2v) is 6.32. The van der Waals surface area contributed by atoms with Crippen LogP contribution < -0.4 is 15.4 Å². The zero-order valence-electron chi connectivity index (χ0n) is 15.0. The molecule has 0 radical (unpaired) electrons. The molecule has 0 aliphatic heterocycles. The summed E-state index contributed by atoms with van der Waals surface area (Å²) in [6.07, 6.45) is 1.39. The Hall–Kier alpha value is -3.19. The molecule has 0 spiro atoms. The lowest BCUT2D eigenvalue weighted by atomic mass is 10.1. The molecule has 1 amide bonds. The van der Waals surface area contributed by atoms with Gasteiger partial charge in [0, 0.05) is 11.8 Å². The third-order valence-corrected chi connectivity index (χ3v) is 4.27. The fourth-order valence-electron chi connectivity index (χ4n) is 2.56. The Morgan fingerprint density at radius 2 is 1.86 bits per heavy atom. The minimum absolute atomic E-state index is 0.190. The average molecular weight is 404 g/mol. The minimum atomic E-state index is -0.870. The fraction of sp³-hybridized carbons (Fsp3) is 0.100. The van der Waals surface area contributed by atoms with Gasteiger partial charge >= 0.3 is 0 Å². The van der Waals surface area contributed by atoms with Crippen LogP contribution in [-0.4, -0.2) is 18.0 Å². The topological polar surface area (TPSA) is 63.2 Å². The van der Waals surface area contributed by atoms with E-state index in [1.165, 1.54) is 43.6 Å². The third-order valence-electron chi connectivity index (χ3n) is 3.98. The predicted octanol–water partition coefficient (Wildman–Crippen LogP) is 5.33. The number of benzene rings is 2. The van der Waals surface area contributed by atoms with E-state index in [0.29, 0.717) is 22.8 Å². The molecule has 28 heavy (non-hydrogen) atoms. The molecule has 0 aliphatic carbocycles. The van der Waals surface area contributed by atoms with Crippen molar-refractivity contribution in [2.45, 2.75) is 6.92 Å². The first kappa shape index (κ1) is 19.6. The van der Waals surface area contributed by atoms with Crippen LogP contribution in [0.25, 0.3) is 0 Å². The molecule has 0 atom stereocenters. The van der Waals surface area contributed by atoms with Crippen molar-refractivity contribution in [3.63, 3.8) is 0 Å². The van der Waals surface area contributed by atoms with E-state index < -0.39 is 17.5 Å². The smallest absolute Gasteiger partial charge is 0.260 e. The highest BCUT2D eigenvalue weighted by atomic mass is 35.5. The van der Waals surface area contributed by atoms with E-state index >= 15 is 0 Å². The lowest BCUT2D eigenvalue weighted by Crippen LogP contribution is -2.16. The standard InChI is InChI=1S/C20H16ClF2N3O2/c1-11-9-12(22)3-6-15(11)26-16-7-5-14(21)19(23)18(16)20(27)25-13-4-8-17(28-2)24-10-13/h3-10,26H,1-2H3,(H,25,27). The first-order valence-corrected chi connectivity index (χ1v) is 8.59. The number of ether oxygens (including phenoxy) is 1. The molecule has 0 bridgehead atoms. The molecular weight excluding hydrogens is 388 g/mol. The molecule has 8 heteroatoms. The molecular formula is C20H16ClF2N3O2. The number of rotatable bonds is 5. The van der Waals surface area contributed by atoms with E-state index in [9.17, 15) is 13.6 Å². The lowest BCUT2D eigenvalue weighted by Gasteiger charge is -2.15. The lowest BCUT2D eigenvalue weighted by molar-refractivity contribution is 0.102. The van der Waals surface area contributed by atoms with E-state index in [-0.39, 0.29) is 16.3 Å². The Kier molecular flexibility index (Phi) is 5.75. The molecule has 5 nitrogen and oxygen atoms in total. The van der Waals surface area contributed by atoms with Crippen molar-refractivity contribution in [2.75, 3.05) is 17.7 Å². The number of pyridine rings is 1. The van der Waals surface area contributed by atoms with Crippen LogP contribution in [0.15, 0.2) is 48.7 Å². The van der Waals surface area contributed by atoms with Crippen LogP contribution in [0.5, 0.6) is 5.88 Å². The molecule has 0 saturated heterocycles. The predicted molar refractivity (Wildman–Crippen MR) is 105 cm³/mol. The Balaban J connectivity index is 1.94. The van der Waals surface area contributed by atoms with Crippen molar-refractivity contribution in [1.29, 1.82) is 0 Å². The normalized spacial score (nSPS) is 10.5. The highest BCUT2D eigenvalue weighted by molar-refractivity contribution is 6.31. The summed E-state index contributed by atoms with van der Waals surface area (Å²) in [4.78, 5) is 16.7. The maximum absolute atomic E-state index is 14.7. The monoisotopic (exact) mass is 403 g/mol. The van der Waals surface area contributed by atoms with Crippen molar-refractivity contribution in [3.8, 4) is 5.88 Å². The van der Waals surface area contributed by atoms with Gasteiger partial charge in [-0.25, -0.2) is 13.8 Å². The number of halogens is 3. The van der Waals surface area contributed by atoms with Gasteiger partial charge in [-0.1, -0.05) is 11.6 Å². The van der Waals surface area contributed by atoms with E-state index in [0.717, 1.165) is 0 Å². The highest BCUT2D eigenvalue weighted by Crippen LogP contribution is 2.30. The van der Waals surface area contributed by atoms with Crippen LogP contribution in [0.1, 0.15) is 15.9 Å². The number of hydrogen-bond donors (Lipinski definition) is 2. The van der Waals surface area contributed by atoms with E-state index in [2.05, 4.69) is 15.6 Å². The van der Waals surface area contributed by atoms with Crippen LogP contribution in [0.4, 0.5) is 25.8 Å². The van der Waals surface area contributed by atoms with Gasteiger partial charge in [0.15, 0.2) is 5.82 Å². The molecule has 1 aromatic heterocycles. The Morgan fingerprint density at radius 3 is 2.50 bits per heavy atom. The summed E-state index contributed by atoms with van der Waals surface area (Å²) in [6.45, 7) is 1.69. The summed E-state index contributed by atoms with van der Waals surface area (Å²) in [6, 6.07) is 10.1. The van der Waals surface area contributed by atoms with Gasteiger partial charge in [0.1, 0.15) is 11.4 Å². The Bertz CT molecular complexity index is 1030. The number of amides is 1. The highest BCUT2D eigenvalue weighted by Gasteiger charge is 2.20. The van der Waals surface area contributed by atoms with Crippen LogP contribution in [-0.2, 0) is 0 Å². The Labute approximate surface area is 165 Å². The first-order valence-electron chi connectivity index (χ1n) is 8.21. The maximum atomic E-state index is 14.7. The second-order valence-electron chi connectivity index (χ2n) is 5.91. The van der Waals surface area contributed by atoms with Crippen molar-refractivity contribution in [3.05, 3.63) is 76.4 Å². The number of anilines is 3. The maximum Gasteiger partial charge on any atom is 0.260 e. The van der Waals surface area contributed by atoms with Gasteiger partial charge in [0.2, 0.25) is 5.88 Å². The second kappa shape index (κ2) is 8.22. The number of hydrogen-bond acceptors (Lipinski definition) is 4. The van der Waals surface area contributed by atoms with Crippen LogP contribution in [0, 0.1) is 18.6 Å². The van der Waals surface area contributed by atoms with E-state index in [4.69, 9.17) is 16.3 Å². The SMILES string of the molecule is COc1ccc(NC(=O)c2c(Nc3ccc(F)cc3C)ccc(Cl)c2F)cn1. The number of carbonyl (C=O) groups excluding carboxylic acids is 1. The molecule has 0 saturated carbocycles. The molecule has 3 aromatic rings. The summed E-state index contributed by atoms with van der Waals surface area (Å²) in [7, 11) is 1.47. The largest absolute Gasteiger partial charge is 0.481 e. The summed E-state index contributed by atoms with van der Waals surface area (Å²) < 4.78 is 33.0. The van der Waals surface area contributed by atoms with Crippen LogP contribution in [0.2, 0.25) is 5.02 Å². The number of aromatic nitrogens is 1. The van der Waals surface area contributed by atoms with Gasteiger partial charge in [0.05, 0.1) is 29.7 Å². The van der Waals surface area contributed by atoms with Crippen molar-refractivity contribution in [1.82, 2.24) is 4.98 Å². The van der Waals surface area contributed by atoms with Gasteiger partial charge < -0.3 is 15.4 Å². The molecule has 3 rings (SSSR count). The average Bonchev–Trinajstić information content (AvgIpc) is 2.67. The summed E-state index contributed by atoms with van der Waals surface area (Å²) >= 11 is 5.87. The van der Waals surface area contributed by atoms with Gasteiger partial charge in [0.25, 0.3) is 5.91 Å². The van der Waals surface area contributed by atoms with Gasteiger partial charge in [-0.2, -0.15) is 0 Å². The van der Waals surface area contributed by atoms with Crippen LogP contribution in [0.3, 0.4) is 0 Å². The van der Waals surface area contributed by atoms with Crippen molar-refractivity contribution < 1.29 is 18.3 Å². The number of nitrogens with zero attached hydrogens (tertiary/aromatic N) is 1. The van der Waals surface area contributed by atoms with Gasteiger partial charge in [-0.3, -0.25) is 4.79 Å². The zero-order chi connectivity index (χ0) is 20.3. The van der Waals surface area contributed by atoms with Gasteiger partial charge in [-0.15, -0.1) is 0 Å². The molecule has 2 aromatic carbocycles.